The molecular weight excluding hydrogens is 549 g/mol. The zero-order chi connectivity index (χ0) is 29.9. The van der Waals surface area contributed by atoms with Crippen molar-refractivity contribution in [3.63, 3.8) is 0 Å². The SMILES string of the molecule is CC(=O)c1ccc(N2CCN(C(=O)CSC3CCCCC3Sc3cc(C(C)(C)C)c(O)c(C(C)(C)C)c3)CC2)cc1. The van der Waals surface area contributed by atoms with E-state index < -0.39 is 0 Å². The first-order valence-electron chi connectivity index (χ1n) is 15.0. The fourth-order valence-corrected chi connectivity index (χ4v) is 8.69. The Morgan fingerprint density at radius 2 is 1.39 bits per heavy atom. The number of hydrogen-bond acceptors (Lipinski definition) is 6. The molecule has 224 valence electrons. The molecule has 0 spiro atoms. The van der Waals surface area contributed by atoms with Gasteiger partial charge in [-0.2, -0.15) is 0 Å². The Morgan fingerprint density at radius 3 is 1.90 bits per heavy atom. The van der Waals surface area contributed by atoms with Gasteiger partial charge in [0.05, 0.1) is 5.75 Å². The van der Waals surface area contributed by atoms with Crippen molar-refractivity contribution < 1.29 is 14.7 Å². The van der Waals surface area contributed by atoms with E-state index in [0.29, 0.717) is 22.0 Å². The molecule has 1 heterocycles. The number of Topliss-reactive ketones (excluding diaryl/α,β-unsaturated/α-hetero) is 1. The minimum atomic E-state index is -0.143. The summed E-state index contributed by atoms with van der Waals surface area (Å²) in [6.07, 6.45) is 4.76. The molecule has 1 aliphatic carbocycles. The van der Waals surface area contributed by atoms with Crippen LogP contribution in [0.2, 0.25) is 0 Å². The third-order valence-electron chi connectivity index (χ3n) is 8.32. The molecule has 1 saturated carbocycles. The van der Waals surface area contributed by atoms with Crippen molar-refractivity contribution in [3.8, 4) is 5.75 Å². The van der Waals surface area contributed by atoms with Crippen LogP contribution in [0.1, 0.15) is 95.6 Å². The molecule has 2 atom stereocenters. The number of phenols is 1. The minimum absolute atomic E-state index is 0.0791. The Labute approximate surface area is 255 Å². The van der Waals surface area contributed by atoms with Gasteiger partial charge in [-0.3, -0.25) is 9.59 Å². The van der Waals surface area contributed by atoms with Crippen molar-refractivity contribution in [1.29, 1.82) is 0 Å². The summed E-state index contributed by atoms with van der Waals surface area (Å²) in [5.74, 6) is 1.29. The van der Waals surface area contributed by atoms with E-state index in [-0.39, 0.29) is 22.5 Å². The first kappa shape index (κ1) is 31.8. The van der Waals surface area contributed by atoms with Crippen LogP contribution < -0.4 is 4.90 Å². The number of hydrogen-bond donors (Lipinski definition) is 1. The maximum atomic E-state index is 13.2. The van der Waals surface area contributed by atoms with Crippen LogP contribution in [0.15, 0.2) is 41.3 Å². The highest BCUT2D eigenvalue weighted by Crippen LogP contribution is 2.45. The van der Waals surface area contributed by atoms with Crippen molar-refractivity contribution in [3.05, 3.63) is 53.1 Å². The lowest BCUT2D eigenvalue weighted by atomic mass is 9.79. The van der Waals surface area contributed by atoms with Crippen LogP contribution in [-0.4, -0.2) is 64.1 Å². The highest BCUT2D eigenvalue weighted by atomic mass is 32.2. The molecule has 1 N–H and O–H groups in total. The second-order valence-corrected chi connectivity index (χ2v) is 16.2. The molecule has 4 rings (SSSR count). The Hall–Kier alpha value is -2.12. The molecule has 41 heavy (non-hydrogen) atoms. The lowest BCUT2D eigenvalue weighted by Crippen LogP contribution is -2.49. The summed E-state index contributed by atoms with van der Waals surface area (Å²) in [6, 6.07) is 12.2. The number of aromatic hydroxyl groups is 1. The van der Waals surface area contributed by atoms with E-state index in [0.717, 1.165) is 61.4 Å². The van der Waals surface area contributed by atoms with Crippen LogP contribution in [0, 0.1) is 0 Å². The van der Waals surface area contributed by atoms with Gasteiger partial charge in [0.25, 0.3) is 0 Å². The highest BCUT2D eigenvalue weighted by molar-refractivity contribution is 8.04. The quantitative estimate of drug-likeness (QED) is 0.331. The monoisotopic (exact) mass is 596 g/mol. The fourth-order valence-electron chi connectivity index (χ4n) is 5.77. The third kappa shape index (κ3) is 8.04. The predicted molar refractivity (Wildman–Crippen MR) is 175 cm³/mol. The van der Waals surface area contributed by atoms with Crippen molar-refractivity contribution in [2.24, 2.45) is 0 Å². The maximum absolute atomic E-state index is 13.2. The molecule has 2 aliphatic rings. The average molecular weight is 597 g/mol. The number of ketones is 1. The van der Waals surface area contributed by atoms with E-state index in [1.54, 1.807) is 6.92 Å². The molecule has 5 nitrogen and oxygen atoms in total. The Morgan fingerprint density at radius 1 is 0.854 bits per heavy atom. The van der Waals surface area contributed by atoms with Gasteiger partial charge in [-0.25, -0.2) is 0 Å². The van der Waals surface area contributed by atoms with Gasteiger partial charge in [0.1, 0.15) is 5.75 Å². The molecular formula is C34H48N2O3S2. The number of piperazine rings is 1. The number of amides is 1. The van der Waals surface area contributed by atoms with E-state index in [2.05, 4.69) is 58.6 Å². The standard InChI is InChI=1S/C34H48N2O3S2/c1-23(37)24-12-14-25(15-13-24)35-16-18-36(19-17-35)31(38)22-40-29-10-8-9-11-30(29)41-26-20-27(33(2,3)4)32(39)28(21-26)34(5,6)7/h12-15,20-21,29-30,39H,8-11,16-19,22H2,1-7H3. The molecule has 2 unspecified atom stereocenters. The molecule has 1 saturated heterocycles. The highest BCUT2D eigenvalue weighted by Gasteiger charge is 2.31. The lowest BCUT2D eigenvalue weighted by Gasteiger charge is -2.37. The largest absolute Gasteiger partial charge is 0.507 e. The van der Waals surface area contributed by atoms with Crippen LogP contribution >= 0.6 is 23.5 Å². The number of rotatable bonds is 7. The van der Waals surface area contributed by atoms with Gasteiger partial charge in [0, 0.05) is 64.0 Å². The number of phenolic OH excluding ortho intramolecular Hbond substituents is 1. The molecule has 0 radical (unpaired) electrons. The van der Waals surface area contributed by atoms with E-state index in [1.807, 2.05) is 52.7 Å². The van der Waals surface area contributed by atoms with Crippen LogP contribution in [-0.2, 0) is 15.6 Å². The van der Waals surface area contributed by atoms with E-state index in [4.69, 9.17) is 0 Å². The van der Waals surface area contributed by atoms with Crippen molar-refractivity contribution in [2.75, 3.05) is 36.8 Å². The van der Waals surface area contributed by atoms with Crippen LogP contribution in [0.3, 0.4) is 0 Å². The molecule has 0 bridgehead atoms. The summed E-state index contributed by atoms with van der Waals surface area (Å²) in [7, 11) is 0. The zero-order valence-electron chi connectivity index (χ0n) is 26.0. The maximum Gasteiger partial charge on any atom is 0.232 e. The Balaban J connectivity index is 1.36. The third-order valence-corrected chi connectivity index (χ3v) is 11.3. The average Bonchev–Trinajstić information content (AvgIpc) is 2.92. The minimum Gasteiger partial charge on any atom is -0.507 e. The van der Waals surface area contributed by atoms with E-state index in [1.165, 1.54) is 17.7 Å². The molecule has 2 aromatic carbocycles. The van der Waals surface area contributed by atoms with Gasteiger partial charge in [-0.05, 0) is 67.0 Å². The number of thioether (sulfide) groups is 2. The van der Waals surface area contributed by atoms with Gasteiger partial charge < -0.3 is 14.9 Å². The summed E-state index contributed by atoms with van der Waals surface area (Å²) < 4.78 is 0. The number of benzene rings is 2. The smallest absolute Gasteiger partial charge is 0.232 e. The molecule has 0 aromatic heterocycles. The van der Waals surface area contributed by atoms with Crippen molar-refractivity contribution in [2.45, 2.75) is 100 Å². The molecule has 1 amide bonds. The molecule has 2 fully saturated rings. The van der Waals surface area contributed by atoms with E-state index in [9.17, 15) is 14.7 Å². The van der Waals surface area contributed by atoms with Gasteiger partial charge in [-0.15, -0.1) is 23.5 Å². The summed E-state index contributed by atoms with van der Waals surface area (Å²) in [5, 5.41) is 12.1. The van der Waals surface area contributed by atoms with Gasteiger partial charge >= 0.3 is 0 Å². The summed E-state index contributed by atoms with van der Waals surface area (Å²) in [6.45, 7) is 17.7. The number of carbonyl (C=O) groups is 2. The van der Waals surface area contributed by atoms with Crippen molar-refractivity contribution in [1.82, 2.24) is 4.90 Å². The van der Waals surface area contributed by atoms with Gasteiger partial charge in [-0.1, -0.05) is 54.4 Å². The predicted octanol–water partition coefficient (Wildman–Crippen LogP) is 7.68. The first-order valence-corrected chi connectivity index (χ1v) is 17.0. The normalized spacial score (nSPS) is 20.3. The first-order chi connectivity index (χ1) is 19.2. The van der Waals surface area contributed by atoms with E-state index >= 15 is 0 Å². The fraction of sp³-hybridized carbons (Fsp3) is 0.588. The number of carbonyl (C=O) groups excluding carboxylic acids is 2. The zero-order valence-corrected chi connectivity index (χ0v) is 27.6. The summed E-state index contributed by atoms with van der Waals surface area (Å²) in [4.78, 5) is 30.4. The van der Waals surface area contributed by atoms with Crippen LogP contribution in [0.25, 0.3) is 0 Å². The summed E-state index contributed by atoms with van der Waals surface area (Å²) in [5.41, 5.74) is 3.57. The number of nitrogens with zero attached hydrogens (tertiary/aromatic N) is 2. The second-order valence-electron chi connectivity index (χ2n) is 13.6. The molecule has 1 aliphatic heterocycles. The number of anilines is 1. The van der Waals surface area contributed by atoms with Crippen LogP contribution in [0.5, 0.6) is 5.75 Å². The van der Waals surface area contributed by atoms with Crippen molar-refractivity contribution >= 4 is 40.9 Å². The molecule has 7 heteroatoms. The van der Waals surface area contributed by atoms with Crippen LogP contribution in [0.4, 0.5) is 5.69 Å². The topological polar surface area (TPSA) is 60.9 Å². The molecule has 2 aromatic rings. The second kappa shape index (κ2) is 13.0. The summed E-state index contributed by atoms with van der Waals surface area (Å²) >= 11 is 3.79. The lowest BCUT2D eigenvalue weighted by molar-refractivity contribution is -0.128. The van der Waals surface area contributed by atoms with Gasteiger partial charge in [0.15, 0.2) is 5.78 Å². The Kier molecular flexibility index (Phi) is 10.1. The Bertz CT molecular complexity index is 1190. The van der Waals surface area contributed by atoms with Gasteiger partial charge in [0.2, 0.25) is 5.91 Å².